The fourth-order valence-electron chi connectivity index (χ4n) is 2.51. The minimum absolute atomic E-state index is 0.162. The summed E-state index contributed by atoms with van der Waals surface area (Å²) in [6.07, 6.45) is 2.44. The summed E-state index contributed by atoms with van der Waals surface area (Å²) < 4.78 is 4.61. The zero-order valence-electron chi connectivity index (χ0n) is 8.66. The number of nitrogens with zero attached hydrogens (tertiary/aromatic N) is 1. The SMILES string of the molecule is COC(=O)CNC1CCN2CCC1C2. The van der Waals surface area contributed by atoms with Crippen molar-refractivity contribution in [3.05, 3.63) is 0 Å². The third-order valence-corrected chi connectivity index (χ3v) is 3.37. The molecule has 0 spiro atoms. The third kappa shape index (κ3) is 2.07. The first kappa shape index (κ1) is 9.93. The summed E-state index contributed by atoms with van der Waals surface area (Å²) in [7, 11) is 1.43. The Bertz CT molecular complexity index is 220. The van der Waals surface area contributed by atoms with Gasteiger partial charge in [-0.05, 0) is 31.8 Å². The number of rotatable bonds is 3. The summed E-state index contributed by atoms with van der Waals surface area (Å²) in [5.41, 5.74) is 0. The maximum atomic E-state index is 11.0. The van der Waals surface area contributed by atoms with Crippen molar-refractivity contribution in [1.29, 1.82) is 0 Å². The lowest BCUT2D eigenvalue weighted by Crippen LogP contribution is -2.45. The summed E-state index contributed by atoms with van der Waals surface area (Å²) in [5.74, 6) is 0.582. The van der Waals surface area contributed by atoms with Gasteiger partial charge in [0.1, 0.15) is 0 Å². The standard InChI is InChI=1S/C10H18N2O2/c1-14-10(13)6-11-9-3-5-12-4-2-8(9)7-12/h8-9,11H,2-7H2,1H3. The Kier molecular flexibility index (Phi) is 3.03. The molecule has 0 radical (unpaired) electrons. The van der Waals surface area contributed by atoms with Crippen LogP contribution in [0, 0.1) is 5.92 Å². The topological polar surface area (TPSA) is 41.6 Å². The van der Waals surface area contributed by atoms with Crippen molar-refractivity contribution in [2.24, 2.45) is 5.92 Å². The molecule has 2 heterocycles. The number of piperidine rings is 1. The summed E-state index contributed by atoms with van der Waals surface area (Å²) in [5, 5.41) is 3.30. The Hall–Kier alpha value is -0.610. The fraction of sp³-hybridized carbons (Fsp3) is 0.900. The Morgan fingerprint density at radius 1 is 1.50 bits per heavy atom. The van der Waals surface area contributed by atoms with Crippen LogP contribution in [0.25, 0.3) is 0 Å². The Balaban J connectivity index is 1.77. The molecule has 2 saturated heterocycles. The number of hydrogen-bond donors (Lipinski definition) is 1. The van der Waals surface area contributed by atoms with Crippen molar-refractivity contribution >= 4 is 5.97 Å². The lowest BCUT2D eigenvalue weighted by Gasteiger charge is -2.30. The van der Waals surface area contributed by atoms with E-state index in [9.17, 15) is 4.79 Å². The average molecular weight is 198 g/mol. The van der Waals surface area contributed by atoms with Gasteiger partial charge in [0.25, 0.3) is 0 Å². The van der Waals surface area contributed by atoms with Crippen LogP contribution in [-0.2, 0) is 9.53 Å². The maximum Gasteiger partial charge on any atom is 0.319 e. The van der Waals surface area contributed by atoms with E-state index in [1.807, 2.05) is 0 Å². The summed E-state index contributed by atoms with van der Waals surface area (Å²) in [6, 6.07) is 0.521. The molecule has 0 saturated carbocycles. The predicted molar refractivity (Wildman–Crippen MR) is 53.0 cm³/mol. The van der Waals surface area contributed by atoms with Crippen LogP contribution in [-0.4, -0.2) is 50.2 Å². The molecule has 1 N–H and O–H groups in total. The van der Waals surface area contributed by atoms with Crippen molar-refractivity contribution in [1.82, 2.24) is 10.2 Å². The second-order valence-electron chi connectivity index (χ2n) is 4.20. The highest BCUT2D eigenvalue weighted by molar-refractivity contribution is 5.71. The minimum atomic E-state index is -0.162. The molecule has 80 valence electrons. The van der Waals surface area contributed by atoms with Gasteiger partial charge in [0.05, 0.1) is 13.7 Å². The summed E-state index contributed by atoms with van der Waals surface area (Å²) >= 11 is 0. The van der Waals surface area contributed by atoms with Gasteiger partial charge in [-0.15, -0.1) is 0 Å². The maximum absolute atomic E-state index is 11.0. The zero-order valence-corrected chi connectivity index (χ0v) is 8.66. The third-order valence-electron chi connectivity index (χ3n) is 3.37. The molecule has 0 aromatic carbocycles. The quantitative estimate of drug-likeness (QED) is 0.640. The first-order chi connectivity index (χ1) is 6.79. The van der Waals surface area contributed by atoms with Crippen molar-refractivity contribution < 1.29 is 9.53 Å². The molecule has 2 fully saturated rings. The zero-order chi connectivity index (χ0) is 9.97. The van der Waals surface area contributed by atoms with Crippen molar-refractivity contribution in [3.8, 4) is 0 Å². The number of nitrogens with one attached hydrogen (secondary N) is 1. The van der Waals surface area contributed by atoms with Crippen LogP contribution in [0.15, 0.2) is 0 Å². The van der Waals surface area contributed by atoms with E-state index >= 15 is 0 Å². The molecule has 0 aromatic heterocycles. The van der Waals surface area contributed by atoms with Gasteiger partial charge in [0.2, 0.25) is 0 Å². The molecular formula is C10H18N2O2. The highest BCUT2D eigenvalue weighted by Crippen LogP contribution is 2.26. The molecule has 14 heavy (non-hydrogen) atoms. The highest BCUT2D eigenvalue weighted by atomic mass is 16.5. The number of methoxy groups -OCH3 is 1. The van der Waals surface area contributed by atoms with Crippen molar-refractivity contribution in [3.63, 3.8) is 0 Å². The molecule has 2 aliphatic rings. The largest absolute Gasteiger partial charge is 0.468 e. The lowest BCUT2D eigenvalue weighted by molar-refractivity contribution is -0.139. The molecule has 2 rings (SSSR count). The Morgan fingerprint density at radius 3 is 3.07 bits per heavy atom. The summed E-state index contributed by atoms with van der Waals surface area (Å²) in [6.45, 7) is 3.98. The molecule has 4 nitrogen and oxygen atoms in total. The highest BCUT2D eigenvalue weighted by Gasteiger charge is 2.33. The van der Waals surface area contributed by atoms with Crippen LogP contribution < -0.4 is 5.32 Å². The number of hydrogen-bond acceptors (Lipinski definition) is 4. The number of carbonyl (C=O) groups is 1. The minimum Gasteiger partial charge on any atom is -0.468 e. The van der Waals surface area contributed by atoms with Gasteiger partial charge in [-0.25, -0.2) is 0 Å². The second kappa shape index (κ2) is 4.28. The normalized spacial score (nSPS) is 35.6. The molecule has 3 atom stereocenters. The first-order valence-corrected chi connectivity index (χ1v) is 5.32. The molecule has 0 aliphatic carbocycles. The van der Waals surface area contributed by atoms with Gasteiger partial charge in [-0.3, -0.25) is 4.79 Å². The van der Waals surface area contributed by atoms with E-state index in [4.69, 9.17) is 0 Å². The van der Waals surface area contributed by atoms with E-state index in [-0.39, 0.29) is 5.97 Å². The van der Waals surface area contributed by atoms with Crippen LogP contribution in [0.3, 0.4) is 0 Å². The number of ether oxygens (including phenoxy) is 1. The van der Waals surface area contributed by atoms with E-state index < -0.39 is 0 Å². The van der Waals surface area contributed by atoms with Gasteiger partial charge in [0, 0.05) is 12.6 Å². The number of carbonyl (C=O) groups excluding carboxylic acids is 1. The van der Waals surface area contributed by atoms with Crippen LogP contribution >= 0.6 is 0 Å². The van der Waals surface area contributed by atoms with E-state index in [0.29, 0.717) is 12.6 Å². The monoisotopic (exact) mass is 198 g/mol. The summed E-state index contributed by atoms with van der Waals surface area (Å²) in [4.78, 5) is 13.5. The molecule has 2 bridgehead atoms. The smallest absolute Gasteiger partial charge is 0.319 e. The van der Waals surface area contributed by atoms with Gasteiger partial charge >= 0.3 is 5.97 Å². The molecule has 4 heteroatoms. The van der Waals surface area contributed by atoms with E-state index in [1.165, 1.54) is 39.6 Å². The van der Waals surface area contributed by atoms with E-state index in [2.05, 4.69) is 15.0 Å². The van der Waals surface area contributed by atoms with Gasteiger partial charge in [-0.2, -0.15) is 0 Å². The van der Waals surface area contributed by atoms with E-state index in [0.717, 1.165) is 5.92 Å². The average Bonchev–Trinajstić information content (AvgIpc) is 2.60. The predicted octanol–water partition coefficient (Wildman–Crippen LogP) is -0.157. The Labute approximate surface area is 84.6 Å². The lowest BCUT2D eigenvalue weighted by atomic mass is 9.94. The molecule has 2 aliphatic heterocycles. The van der Waals surface area contributed by atoms with Gasteiger partial charge < -0.3 is 15.0 Å². The molecule has 3 unspecified atom stereocenters. The molecule has 0 aromatic rings. The van der Waals surface area contributed by atoms with E-state index in [1.54, 1.807) is 0 Å². The van der Waals surface area contributed by atoms with Crippen LogP contribution in [0.1, 0.15) is 12.8 Å². The van der Waals surface area contributed by atoms with Crippen LogP contribution in [0.4, 0.5) is 0 Å². The first-order valence-electron chi connectivity index (χ1n) is 5.32. The molecule has 0 amide bonds. The van der Waals surface area contributed by atoms with Crippen molar-refractivity contribution in [2.45, 2.75) is 18.9 Å². The second-order valence-corrected chi connectivity index (χ2v) is 4.20. The van der Waals surface area contributed by atoms with Gasteiger partial charge in [0.15, 0.2) is 0 Å². The number of fused-ring (bicyclic) bond motifs is 2. The fourth-order valence-corrected chi connectivity index (χ4v) is 2.51. The van der Waals surface area contributed by atoms with Crippen molar-refractivity contribution in [2.75, 3.05) is 33.3 Å². The Morgan fingerprint density at radius 2 is 2.29 bits per heavy atom. The van der Waals surface area contributed by atoms with Crippen LogP contribution in [0.2, 0.25) is 0 Å². The van der Waals surface area contributed by atoms with Gasteiger partial charge in [-0.1, -0.05) is 0 Å². The number of esters is 1. The molecular weight excluding hydrogens is 180 g/mol. The van der Waals surface area contributed by atoms with Crippen LogP contribution in [0.5, 0.6) is 0 Å².